The maximum atomic E-state index is 12.5. The number of rotatable bonds is 6. The van der Waals surface area contributed by atoms with Crippen molar-refractivity contribution in [2.24, 2.45) is 5.92 Å². The van der Waals surface area contributed by atoms with Crippen molar-refractivity contribution in [3.8, 4) is 0 Å². The van der Waals surface area contributed by atoms with E-state index in [1.165, 1.54) is 30.3 Å². The highest BCUT2D eigenvalue weighted by molar-refractivity contribution is 7.92. The van der Waals surface area contributed by atoms with Gasteiger partial charge in [-0.1, -0.05) is 13.0 Å². The van der Waals surface area contributed by atoms with Gasteiger partial charge in [-0.3, -0.25) is 19.6 Å². The van der Waals surface area contributed by atoms with Gasteiger partial charge in [-0.05, 0) is 61.9 Å². The molecule has 1 fully saturated rings. The summed E-state index contributed by atoms with van der Waals surface area (Å²) in [7, 11) is -3.99. The van der Waals surface area contributed by atoms with E-state index in [0.717, 1.165) is 31.7 Å². The molecule has 9 heteroatoms. The van der Waals surface area contributed by atoms with Crippen LogP contribution in [0.2, 0.25) is 0 Å². The van der Waals surface area contributed by atoms with Crippen molar-refractivity contribution >= 4 is 27.3 Å². The van der Waals surface area contributed by atoms with Gasteiger partial charge in [-0.25, -0.2) is 8.42 Å². The van der Waals surface area contributed by atoms with Gasteiger partial charge in [-0.15, -0.1) is 0 Å². The Bertz CT molecular complexity index is 997. The molecule has 0 spiro atoms. The molecular formula is C20H23N3O5S. The van der Waals surface area contributed by atoms with E-state index in [2.05, 4.69) is 17.0 Å². The Morgan fingerprint density at radius 1 is 1.07 bits per heavy atom. The van der Waals surface area contributed by atoms with Crippen LogP contribution in [-0.4, -0.2) is 25.3 Å². The fourth-order valence-electron chi connectivity index (χ4n) is 3.34. The van der Waals surface area contributed by atoms with Crippen LogP contribution in [0.15, 0.2) is 53.4 Å². The molecule has 2 N–H and O–H groups in total. The van der Waals surface area contributed by atoms with Crippen molar-refractivity contribution in [3.63, 3.8) is 0 Å². The normalized spacial score (nSPS) is 19.3. The third-order valence-electron chi connectivity index (χ3n) is 5.09. The number of carbonyl (C=O) groups excluding carboxylic acids is 1. The molecule has 2 aromatic carbocycles. The highest BCUT2D eigenvalue weighted by Crippen LogP contribution is 2.24. The zero-order valence-corrected chi connectivity index (χ0v) is 16.8. The number of benzene rings is 2. The highest BCUT2D eigenvalue weighted by atomic mass is 32.2. The lowest BCUT2D eigenvalue weighted by atomic mass is 9.87. The van der Waals surface area contributed by atoms with Crippen LogP contribution in [0.4, 0.5) is 11.4 Å². The summed E-state index contributed by atoms with van der Waals surface area (Å²) in [5.41, 5.74) is 0.401. The molecule has 1 aliphatic rings. The first-order chi connectivity index (χ1) is 13.7. The fourth-order valence-corrected chi connectivity index (χ4v) is 4.44. The van der Waals surface area contributed by atoms with Gasteiger partial charge in [0, 0.05) is 29.4 Å². The molecule has 0 unspecified atom stereocenters. The summed E-state index contributed by atoms with van der Waals surface area (Å²) in [5.74, 6) is 0.513. The molecule has 0 aliphatic heterocycles. The standard InChI is InChI=1S/C20H23N3O5S/c1-14-5-9-16(10-6-14)21-20(24)15-7-11-17(12-8-15)22-29(27,28)19-4-2-3-18(13-19)23(25)26/h2-4,7-8,11-14,16,22H,5-6,9-10H2,1H3,(H,21,24). The van der Waals surface area contributed by atoms with E-state index in [-0.39, 0.29) is 28.2 Å². The number of sulfonamides is 1. The lowest BCUT2D eigenvalue weighted by Gasteiger charge is -2.26. The second-order valence-electron chi connectivity index (χ2n) is 7.37. The maximum absolute atomic E-state index is 12.5. The Kier molecular flexibility index (Phi) is 6.17. The van der Waals surface area contributed by atoms with Crippen molar-refractivity contribution in [1.29, 1.82) is 0 Å². The zero-order chi connectivity index (χ0) is 21.0. The van der Waals surface area contributed by atoms with E-state index >= 15 is 0 Å². The molecule has 3 rings (SSSR count). The second kappa shape index (κ2) is 8.60. The lowest BCUT2D eigenvalue weighted by molar-refractivity contribution is -0.385. The largest absolute Gasteiger partial charge is 0.349 e. The van der Waals surface area contributed by atoms with Crippen LogP contribution in [0, 0.1) is 16.0 Å². The molecule has 29 heavy (non-hydrogen) atoms. The fraction of sp³-hybridized carbons (Fsp3) is 0.350. The SMILES string of the molecule is CC1CCC(NC(=O)c2ccc(NS(=O)(=O)c3cccc([N+](=O)[O-])c3)cc2)CC1. The third-order valence-corrected chi connectivity index (χ3v) is 6.47. The molecule has 154 valence electrons. The Morgan fingerprint density at radius 2 is 1.72 bits per heavy atom. The van der Waals surface area contributed by atoms with Gasteiger partial charge in [-0.2, -0.15) is 0 Å². The van der Waals surface area contributed by atoms with Gasteiger partial charge in [0.15, 0.2) is 0 Å². The molecule has 1 aliphatic carbocycles. The van der Waals surface area contributed by atoms with Crippen molar-refractivity contribution < 1.29 is 18.1 Å². The van der Waals surface area contributed by atoms with Crippen LogP contribution in [0.1, 0.15) is 43.0 Å². The van der Waals surface area contributed by atoms with E-state index in [4.69, 9.17) is 0 Å². The quantitative estimate of drug-likeness (QED) is 0.549. The topological polar surface area (TPSA) is 118 Å². The van der Waals surface area contributed by atoms with Crippen molar-refractivity contribution in [3.05, 3.63) is 64.2 Å². The van der Waals surface area contributed by atoms with Gasteiger partial charge in [0.2, 0.25) is 0 Å². The first-order valence-corrected chi connectivity index (χ1v) is 10.9. The average molecular weight is 417 g/mol. The third kappa shape index (κ3) is 5.32. The molecule has 0 atom stereocenters. The Labute approximate surface area is 169 Å². The van der Waals surface area contributed by atoms with Gasteiger partial charge in [0.1, 0.15) is 0 Å². The molecule has 8 nitrogen and oxygen atoms in total. The summed E-state index contributed by atoms with van der Waals surface area (Å²) in [4.78, 5) is 22.4. The Morgan fingerprint density at radius 3 is 2.34 bits per heavy atom. The minimum atomic E-state index is -3.99. The Hall–Kier alpha value is -2.94. The number of amides is 1. The molecular weight excluding hydrogens is 394 g/mol. The first kappa shape index (κ1) is 20.8. The molecule has 2 aromatic rings. The number of nitro benzene ring substituents is 1. The highest BCUT2D eigenvalue weighted by Gasteiger charge is 2.21. The van der Waals surface area contributed by atoms with Crippen molar-refractivity contribution in [1.82, 2.24) is 5.32 Å². The van der Waals surface area contributed by atoms with Crippen LogP contribution in [0.3, 0.4) is 0 Å². The number of carbonyl (C=O) groups is 1. The summed E-state index contributed by atoms with van der Waals surface area (Å²) < 4.78 is 27.3. The minimum absolute atomic E-state index is 0.172. The number of hydrogen-bond acceptors (Lipinski definition) is 5. The summed E-state index contributed by atoms with van der Waals surface area (Å²) in [6.45, 7) is 2.21. The van der Waals surface area contributed by atoms with Gasteiger partial charge in [0.05, 0.1) is 9.82 Å². The molecule has 1 amide bonds. The Balaban J connectivity index is 1.66. The smallest absolute Gasteiger partial charge is 0.270 e. The summed E-state index contributed by atoms with van der Waals surface area (Å²) in [5, 5.41) is 13.9. The molecule has 0 saturated heterocycles. The second-order valence-corrected chi connectivity index (χ2v) is 9.05. The predicted molar refractivity (Wildman–Crippen MR) is 109 cm³/mol. The number of nitrogens with one attached hydrogen (secondary N) is 2. The first-order valence-electron chi connectivity index (χ1n) is 9.43. The summed E-state index contributed by atoms with van der Waals surface area (Å²) in [6, 6.07) is 11.1. The van der Waals surface area contributed by atoms with E-state index in [1.807, 2.05) is 0 Å². The number of anilines is 1. The number of non-ortho nitro benzene ring substituents is 1. The molecule has 0 radical (unpaired) electrons. The summed E-state index contributed by atoms with van der Waals surface area (Å²) >= 11 is 0. The molecule has 0 aromatic heterocycles. The summed E-state index contributed by atoms with van der Waals surface area (Å²) in [6.07, 6.45) is 4.13. The van der Waals surface area contributed by atoms with Crippen LogP contribution in [0.25, 0.3) is 0 Å². The van der Waals surface area contributed by atoms with Crippen LogP contribution < -0.4 is 10.0 Å². The monoisotopic (exact) mass is 417 g/mol. The van der Waals surface area contributed by atoms with Crippen LogP contribution in [-0.2, 0) is 10.0 Å². The van der Waals surface area contributed by atoms with Gasteiger partial charge < -0.3 is 5.32 Å². The zero-order valence-electron chi connectivity index (χ0n) is 16.0. The average Bonchev–Trinajstić information content (AvgIpc) is 2.70. The van der Waals surface area contributed by atoms with E-state index in [9.17, 15) is 23.3 Å². The van der Waals surface area contributed by atoms with Gasteiger partial charge >= 0.3 is 0 Å². The molecule has 0 bridgehead atoms. The number of hydrogen-bond donors (Lipinski definition) is 2. The van der Waals surface area contributed by atoms with Crippen LogP contribution >= 0.6 is 0 Å². The van der Waals surface area contributed by atoms with Crippen molar-refractivity contribution in [2.75, 3.05) is 4.72 Å². The van der Waals surface area contributed by atoms with E-state index in [0.29, 0.717) is 11.5 Å². The number of nitrogens with zero attached hydrogens (tertiary/aromatic N) is 1. The lowest BCUT2D eigenvalue weighted by Crippen LogP contribution is -2.37. The predicted octanol–water partition coefficient (Wildman–Crippen LogP) is 3.70. The number of nitro groups is 1. The van der Waals surface area contributed by atoms with E-state index in [1.54, 1.807) is 12.1 Å². The van der Waals surface area contributed by atoms with Crippen molar-refractivity contribution in [2.45, 2.75) is 43.5 Å². The van der Waals surface area contributed by atoms with E-state index < -0.39 is 14.9 Å². The minimum Gasteiger partial charge on any atom is -0.349 e. The molecule has 0 heterocycles. The van der Waals surface area contributed by atoms with Gasteiger partial charge in [0.25, 0.3) is 21.6 Å². The molecule has 1 saturated carbocycles. The maximum Gasteiger partial charge on any atom is 0.270 e. The van der Waals surface area contributed by atoms with Crippen LogP contribution in [0.5, 0.6) is 0 Å².